The van der Waals surface area contributed by atoms with Gasteiger partial charge in [-0.1, -0.05) is 18.2 Å². The minimum Gasteiger partial charge on any atom is -0.261 e. The molecular weight excluding hydrogens is 346 g/mol. The number of hydrogen-bond acceptors (Lipinski definition) is 2. The van der Waals surface area contributed by atoms with Gasteiger partial charge < -0.3 is 0 Å². The van der Waals surface area contributed by atoms with Crippen LogP contribution in [0, 0.1) is 0 Å². The fraction of sp³-hybridized carbons (Fsp3) is 0.176. The van der Waals surface area contributed by atoms with E-state index < -0.39 is 29.1 Å². The average molecular weight is 356 g/mol. The Hall–Kier alpha value is -2.64. The van der Waals surface area contributed by atoms with E-state index in [-0.39, 0.29) is 17.4 Å². The maximum Gasteiger partial charge on any atom is 0.433 e. The summed E-state index contributed by atoms with van der Waals surface area (Å²) in [5.74, 6) is 0. The first-order chi connectivity index (χ1) is 11.7. The molecule has 0 N–H and O–H groups in total. The third kappa shape index (κ3) is 3.57. The van der Waals surface area contributed by atoms with Crippen molar-refractivity contribution in [2.45, 2.75) is 18.8 Å². The van der Waals surface area contributed by atoms with Gasteiger partial charge >= 0.3 is 12.4 Å². The first-order valence-electron chi connectivity index (χ1n) is 7.13. The highest BCUT2D eigenvalue weighted by molar-refractivity contribution is 5.86. The molecule has 0 amide bonds. The first kappa shape index (κ1) is 17.2. The number of pyridine rings is 2. The first-order valence-corrected chi connectivity index (χ1v) is 7.13. The summed E-state index contributed by atoms with van der Waals surface area (Å²) in [5.41, 5.74) is -2.74. The van der Waals surface area contributed by atoms with Crippen molar-refractivity contribution in [1.29, 1.82) is 0 Å². The van der Waals surface area contributed by atoms with Crippen molar-refractivity contribution in [1.82, 2.24) is 9.97 Å². The van der Waals surface area contributed by atoms with E-state index in [4.69, 9.17) is 0 Å². The van der Waals surface area contributed by atoms with E-state index >= 15 is 0 Å². The molecule has 0 spiro atoms. The highest BCUT2D eigenvalue weighted by atomic mass is 19.4. The molecule has 3 rings (SSSR count). The third-order valence-corrected chi connectivity index (χ3v) is 3.62. The summed E-state index contributed by atoms with van der Waals surface area (Å²) in [5, 5.41) is 0.0217. The molecule has 130 valence electrons. The molecule has 0 fully saturated rings. The number of benzene rings is 1. The lowest BCUT2D eigenvalue weighted by molar-refractivity contribution is -0.142. The molecule has 2 nitrogen and oxygen atoms in total. The number of hydrogen-bond donors (Lipinski definition) is 0. The van der Waals surface area contributed by atoms with Gasteiger partial charge in [0.05, 0.1) is 11.1 Å². The molecule has 25 heavy (non-hydrogen) atoms. The lowest BCUT2D eigenvalue weighted by Gasteiger charge is -2.15. The molecule has 0 aliphatic rings. The number of rotatable bonds is 2. The normalized spacial score (nSPS) is 12.6. The molecule has 0 bridgehead atoms. The topological polar surface area (TPSA) is 25.8 Å². The second kappa shape index (κ2) is 6.02. The fourth-order valence-corrected chi connectivity index (χ4v) is 2.54. The SMILES string of the molecule is FC(F)(F)c1cc(Cc2ccccn2)c2cccc(C(F)(F)F)c2n1. The van der Waals surface area contributed by atoms with E-state index in [0.29, 0.717) is 5.69 Å². The van der Waals surface area contributed by atoms with Gasteiger partial charge in [-0.05, 0) is 29.8 Å². The van der Waals surface area contributed by atoms with Gasteiger partial charge in [-0.2, -0.15) is 26.3 Å². The molecule has 3 aromatic rings. The Bertz CT molecular complexity index is 901. The number of alkyl halides is 6. The van der Waals surface area contributed by atoms with Crippen LogP contribution in [0.4, 0.5) is 26.3 Å². The van der Waals surface area contributed by atoms with Gasteiger partial charge in [0.2, 0.25) is 0 Å². The summed E-state index contributed by atoms with van der Waals surface area (Å²) >= 11 is 0. The highest BCUT2D eigenvalue weighted by Crippen LogP contribution is 2.37. The van der Waals surface area contributed by atoms with Crippen LogP contribution in [0.3, 0.4) is 0 Å². The van der Waals surface area contributed by atoms with E-state index in [1.165, 1.54) is 12.3 Å². The van der Waals surface area contributed by atoms with Gasteiger partial charge in [0.15, 0.2) is 0 Å². The maximum atomic E-state index is 13.2. The molecule has 0 saturated carbocycles. The van der Waals surface area contributed by atoms with Gasteiger partial charge in [0.25, 0.3) is 0 Å². The molecule has 0 unspecified atom stereocenters. The highest BCUT2D eigenvalue weighted by Gasteiger charge is 2.37. The average Bonchev–Trinajstić information content (AvgIpc) is 2.53. The predicted molar refractivity (Wildman–Crippen MR) is 78.8 cm³/mol. The van der Waals surface area contributed by atoms with Crippen molar-refractivity contribution in [2.24, 2.45) is 0 Å². The largest absolute Gasteiger partial charge is 0.433 e. The summed E-state index contributed by atoms with van der Waals surface area (Å²) in [4.78, 5) is 7.27. The molecule has 2 aromatic heterocycles. The van der Waals surface area contributed by atoms with Crippen molar-refractivity contribution in [2.75, 3.05) is 0 Å². The molecule has 0 atom stereocenters. The van der Waals surface area contributed by atoms with Gasteiger partial charge in [-0.25, -0.2) is 4.98 Å². The van der Waals surface area contributed by atoms with Crippen molar-refractivity contribution < 1.29 is 26.3 Å². The Morgan fingerprint density at radius 2 is 1.60 bits per heavy atom. The minimum absolute atomic E-state index is 0.0217. The van der Waals surface area contributed by atoms with Crippen LogP contribution in [0.25, 0.3) is 10.9 Å². The monoisotopic (exact) mass is 356 g/mol. The van der Waals surface area contributed by atoms with E-state index in [2.05, 4.69) is 9.97 Å². The molecule has 0 aliphatic carbocycles. The Morgan fingerprint density at radius 1 is 0.840 bits per heavy atom. The second-order valence-electron chi connectivity index (χ2n) is 5.36. The van der Waals surface area contributed by atoms with Crippen molar-refractivity contribution >= 4 is 10.9 Å². The number of para-hydroxylation sites is 1. The molecule has 8 heteroatoms. The molecule has 0 radical (unpaired) electrons. The maximum absolute atomic E-state index is 13.2. The number of fused-ring (bicyclic) bond motifs is 1. The van der Waals surface area contributed by atoms with Crippen molar-refractivity contribution in [3.63, 3.8) is 0 Å². The summed E-state index contributed by atoms with van der Waals surface area (Å²) < 4.78 is 78.8. The van der Waals surface area contributed by atoms with Crippen LogP contribution in [0.2, 0.25) is 0 Å². The van der Waals surface area contributed by atoms with Crippen LogP contribution in [-0.4, -0.2) is 9.97 Å². The van der Waals surface area contributed by atoms with Crippen LogP contribution in [0.1, 0.15) is 22.5 Å². The lowest BCUT2D eigenvalue weighted by Crippen LogP contribution is -2.13. The summed E-state index contributed by atoms with van der Waals surface area (Å²) in [7, 11) is 0. The molecular formula is C17H10F6N2. The van der Waals surface area contributed by atoms with Crippen molar-refractivity contribution in [3.05, 3.63) is 71.2 Å². The smallest absolute Gasteiger partial charge is 0.261 e. The Balaban J connectivity index is 2.27. The predicted octanol–water partition coefficient (Wildman–Crippen LogP) is 5.26. The standard InChI is InChI=1S/C17H10F6N2/c18-16(19,20)13-6-3-5-12-10(8-11-4-1-2-7-24-11)9-14(17(21,22)23)25-15(12)13/h1-7,9H,8H2. The second-order valence-corrected chi connectivity index (χ2v) is 5.36. The molecule has 1 aromatic carbocycles. The van der Waals surface area contributed by atoms with Gasteiger partial charge in [-0.3, -0.25) is 4.98 Å². The summed E-state index contributed by atoms with van der Waals surface area (Å²) in [6.45, 7) is 0. The van der Waals surface area contributed by atoms with Gasteiger partial charge in [0, 0.05) is 23.7 Å². The van der Waals surface area contributed by atoms with Crippen LogP contribution in [0.15, 0.2) is 48.7 Å². The zero-order valence-electron chi connectivity index (χ0n) is 12.5. The zero-order chi connectivity index (χ0) is 18.2. The van der Waals surface area contributed by atoms with E-state index in [9.17, 15) is 26.3 Å². The minimum atomic E-state index is -4.86. The number of halogens is 6. The quantitative estimate of drug-likeness (QED) is 0.586. The number of nitrogens with zero attached hydrogens (tertiary/aromatic N) is 2. The Kier molecular flexibility index (Phi) is 4.14. The Labute approximate surface area is 138 Å². The van der Waals surface area contributed by atoms with Crippen LogP contribution in [-0.2, 0) is 18.8 Å². The van der Waals surface area contributed by atoms with E-state index in [1.807, 2.05) is 0 Å². The lowest BCUT2D eigenvalue weighted by atomic mass is 10.00. The molecule has 0 saturated heterocycles. The van der Waals surface area contributed by atoms with Gasteiger partial charge in [0.1, 0.15) is 5.69 Å². The number of aromatic nitrogens is 2. The fourth-order valence-electron chi connectivity index (χ4n) is 2.54. The summed E-state index contributed by atoms with van der Waals surface area (Å²) in [6.07, 6.45) is -8.24. The van der Waals surface area contributed by atoms with Crippen molar-refractivity contribution in [3.8, 4) is 0 Å². The zero-order valence-corrected chi connectivity index (χ0v) is 12.5. The van der Waals surface area contributed by atoms with Crippen LogP contribution >= 0.6 is 0 Å². The van der Waals surface area contributed by atoms with Crippen LogP contribution < -0.4 is 0 Å². The summed E-state index contributed by atoms with van der Waals surface area (Å²) in [6, 6.07) is 8.86. The van der Waals surface area contributed by atoms with E-state index in [0.717, 1.165) is 18.2 Å². The van der Waals surface area contributed by atoms with E-state index in [1.54, 1.807) is 18.2 Å². The molecule has 2 heterocycles. The van der Waals surface area contributed by atoms with Crippen LogP contribution in [0.5, 0.6) is 0 Å². The Morgan fingerprint density at radius 3 is 2.20 bits per heavy atom. The molecule has 0 aliphatic heterocycles. The third-order valence-electron chi connectivity index (χ3n) is 3.62. The van der Waals surface area contributed by atoms with Gasteiger partial charge in [-0.15, -0.1) is 0 Å².